The molecule has 0 bridgehead atoms. The van der Waals surface area contributed by atoms with Crippen LogP contribution in [0, 0.1) is 5.92 Å². The number of rotatable bonds is 9. The lowest BCUT2D eigenvalue weighted by Gasteiger charge is -2.21. The van der Waals surface area contributed by atoms with Gasteiger partial charge in [-0.15, -0.1) is 0 Å². The van der Waals surface area contributed by atoms with Gasteiger partial charge in [0.25, 0.3) is 0 Å². The van der Waals surface area contributed by atoms with Crippen LogP contribution in [0.4, 0.5) is 4.79 Å². The van der Waals surface area contributed by atoms with Crippen LogP contribution in [0.15, 0.2) is 48.5 Å². The summed E-state index contributed by atoms with van der Waals surface area (Å²) in [6, 6.07) is 15.3. The summed E-state index contributed by atoms with van der Waals surface area (Å²) < 4.78 is 5.52. The molecule has 7 nitrogen and oxygen atoms in total. The van der Waals surface area contributed by atoms with Gasteiger partial charge in [-0.2, -0.15) is 0 Å². The second-order valence-electron chi connectivity index (χ2n) is 8.09. The summed E-state index contributed by atoms with van der Waals surface area (Å²) in [4.78, 5) is 35.6. The van der Waals surface area contributed by atoms with Gasteiger partial charge >= 0.3 is 12.1 Å². The standard InChI is InChI=1S/C24H28N2O5/c1-15(2)13-21(23(29)25-12-11-22(27)28)26-24(30)31-14-20-18-9-5-3-7-16(18)17-8-4-6-10-19(17)20/h3-10,15,20-21H,11-14H2,1-2H3,(H,25,29)(H,26,30)(H,27,28)/t21-/m0/s1. The number of amides is 2. The van der Waals surface area contributed by atoms with Crippen molar-refractivity contribution >= 4 is 18.0 Å². The van der Waals surface area contributed by atoms with E-state index in [1.54, 1.807) is 0 Å². The molecule has 0 aliphatic heterocycles. The lowest BCUT2D eigenvalue weighted by molar-refractivity contribution is -0.137. The molecule has 0 unspecified atom stereocenters. The van der Waals surface area contributed by atoms with Crippen LogP contribution in [-0.4, -0.2) is 42.3 Å². The molecule has 2 aromatic carbocycles. The highest BCUT2D eigenvalue weighted by molar-refractivity contribution is 5.86. The minimum Gasteiger partial charge on any atom is -0.481 e. The average molecular weight is 424 g/mol. The van der Waals surface area contributed by atoms with Crippen molar-refractivity contribution < 1.29 is 24.2 Å². The quantitative estimate of drug-likeness (QED) is 0.571. The normalized spacial score (nSPS) is 13.3. The van der Waals surface area contributed by atoms with E-state index in [0.717, 1.165) is 22.3 Å². The molecule has 31 heavy (non-hydrogen) atoms. The molecule has 3 rings (SSSR count). The number of nitrogens with one attached hydrogen (secondary N) is 2. The molecule has 1 aliphatic rings. The van der Waals surface area contributed by atoms with Crippen molar-refractivity contribution in [1.29, 1.82) is 0 Å². The number of carbonyl (C=O) groups excluding carboxylic acids is 2. The first-order valence-corrected chi connectivity index (χ1v) is 10.5. The monoisotopic (exact) mass is 424 g/mol. The Hall–Kier alpha value is -3.35. The van der Waals surface area contributed by atoms with Crippen molar-refractivity contribution in [3.8, 4) is 11.1 Å². The van der Waals surface area contributed by atoms with E-state index >= 15 is 0 Å². The van der Waals surface area contributed by atoms with Gasteiger partial charge in [0.15, 0.2) is 0 Å². The molecule has 0 spiro atoms. The summed E-state index contributed by atoms with van der Waals surface area (Å²) in [5.41, 5.74) is 4.51. The van der Waals surface area contributed by atoms with Crippen LogP contribution in [0.5, 0.6) is 0 Å². The Morgan fingerprint density at radius 2 is 1.58 bits per heavy atom. The fourth-order valence-corrected chi connectivity index (χ4v) is 3.90. The maximum Gasteiger partial charge on any atom is 0.407 e. The Morgan fingerprint density at radius 1 is 1.00 bits per heavy atom. The Morgan fingerprint density at radius 3 is 2.13 bits per heavy atom. The van der Waals surface area contributed by atoms with E-state index in [0.29, 0.717) is 6.42 Å². The van der Waals surface area contributed by atoms with Crippen molar-refractivity contribution in [1.82, 2.24) is 10.6 Å². The lowest BCUT2D eigenvalue weighted by atomic mass is 9.98. The summed E-state index contributed by atoms with van der Waals surface area (Å²) in [7, 11) is 0. The number of alkyl carbamates (subject to hydrolysis) is 1. The number of hydrogen-bond donors (Lipinski definition) is 3. The molecular weight excluding hydrogens is 396 g/mol. The molecule has 1 aliphatic carbocycles. The predicted molar refractivity (Wildman–Crippen MR) is 117 cm³/mol. The second kappa shape index (κ2) is 10.1. The first-order chi connectivity index (χ1) is 14.9. The zero-order valence-corrected chi connectivity index (χ0v) is 17.8. The van der Waals surface area contributed by atoms with Gasteiger partial charge in [0.1, 0.15) is 12.6 Å². The Labute approximate surface area is 181 Å². The average Bonchev–Trinajstić information content (AvgIpc) is 3.05. The van der Waals surface area contributed by atoms with Crippen LogP contribution in [-0.2, 0) is 14.3 Å². The van der Waals surface area contributed by atoms with Crippen LogP contribution in [0.2, 0.25) is 0 Å². The number of ether oxygens (including phenoxy) is 1. The van der Waals surface area contributed by atoms with Crippen molar-refractivity contribution in [2.24, 2.45) is 5.92 Å². The number of hydrogen-bond acceptors (Lipinski definition) is 4. The molecule has 0 saturated carbocycles. The Kier molecular flexibility index (Phi) is 7.28. The number of aliphatic carboxylic acids is 1. The van der Waals surface area contributed by atoms with Gasteiger partial charge in [-0.3, -0.25) is 9.59 Å². The molecular formula is C24H28N2O5. The second-order valence-corrected chi connectivity index (χ2v) is 8.09. The van der Waals surface area contributed by atoms with Gasteiger partial charge in [0.2, 0.25) is 5.91 Å². The zero-order chi connectivity index (χ0) is 22.4. The third-order valence-corrected chi connectivity index (χ3v) is 5.30. The fourth-order valence-electron chi connectivity index (χ4n) is 3.90. The van der Waals surface area contributed by atoms with Gasteiger partial charge in [-0.25, -0.2) is 4.79 Å². The summed E-state index contributed by atoms with van der Waals surface area (Å²) in [5, 5.41) is 13.9. The lowest BCUT2D eigenvalue weighted by Crippen LogP contribution is -2.48. The zero-order valence-electron chi connectivity index (χ0n) is 17.8. The summed E-state index contributed by atoms with van der Waals surface area (Å²) >= 11 is 0. The number of fused-ring (bicyclic) bond motifs is 3. The van der Waals surface area contributed by atoms with Gasteiger partial charge in [0, 0.05) is 12.5 Å². The van der Waals surface area contributed by atoms with Crippen LogP contribution in [0.3, 0.4) is 0 Å². The third-order valence-electron chi connectivity index (χ3n) is 5.30. The molecule has 164 valence electrons. The first kappa shape index (κ1) is 22.3. The highest BCUT2D eigenvalue weighted by Gasteiger charge is 2.30. The van der Waals surface area contributed by atoms with Crippen molar-refractivity contribution in [2.75, 3.05) is 13.2 Å². The molecule has 3 N–H and O–H groups in total. The van der Waals surface area contributed by atoms with Crippen molar-refractivity contribution in [3.05, 3.63) is 59.7 Å². The smallest absolute Gasteiger partial charge is 0.407 e. The maximum atomic E-state index is 12.5. The molecule has 7 heteroatoms. The van der Waals surface area contributed by atoms with Gasteiger partial charge in [0.05, 0.1) is 6.42 Å². The van der Waals surface area contributed by atoms with E-state index in [1.165, 1.54) is 0 Å². The Bertz CT molecular complexity index is 911. The van der Waals surface area contributed by atoms with E-state index in [1.807, 2.05) is 50.2 Å². The first-order valence-electron chi connectivity index (χ1n) is 10.5. The molecule has 0 saturated heterocycles. The molecule has 0 fully saturated rings. The van der Waals surface area contributed by atoms with E-state index in [-0.39, 0.29) is 31.4 Å². The van der Waals surface area contributed by atoms with E-state index in [9.17, 15) is 14.4 Å². The summed E-state index contributed by atoms with van der Waals surface area (Å²) in [6.07, 6.45) is -0.422. The van der Waals surface area contributed by atoms with Crippen molar-refractivity contribution in [3.63, 3.8) is 0 Å². The van der Waals surface area contributed by atoms with Crippen molar-refractivity contribution in [2.45, 2.75) is 38.6 Å². The van der Waals surface area contributed by atoms with E-state index in [2.05, 4.69) is 22.8 Å². The van der Waals surface area contributed by atoms with Gasteiger partial charge in [-0.1, -0.05) is 62.4 Å². The molecule has 0 radical (unpaired) electrons. The van der Waals surface area contributed by atoms with Crippen LogP contribution in [0.25, 0.3) is 11.1 Å². The highest BCUT2D eigenvalue weighted by atomic mass is 16.5. The SMILES string of the molecule is CC(C)C[C@H](NC(=O)OCC1c2ccccc2-c2ccccc21)C(=O)NCCC(=O)O. The highest BCUT2D eigenvalue weighted by Crippen LogP contribution is 2.44. The Balaban J connectivity index is 1.62. The third kappa shape index (κ3) is 5.63. The van der Waals surface area contributed by atoms with Crippen LogP contribution in [0.1, 0.15) is 43.7 Å². The fraction of sp³-hybridized carbons (Fsp3) is 0.375. The van der Waals surface area contributed by atoms with Gasteiger partial charge < -0.3 is 20.5 Å². The van der Waals surface area contributed by atoms with E-state index < -0.39 is 24.0 Å². The van der Waals surface area contributed by atoms with E-state index in [4.69, 9.17) is 9.84 Å². The summed E-state index contributed by atoms with van der Waals surface area (Å²) in [6.45, 7) is 4.05. The molecule has 0 aromatic heterocycles. The molecule has 0 heterocycles. The predicted octanol–water partition coefficient (Wildman–Crippen LogP) is 3.53. The van der Waals surface area contributed by atoms with Crippen LogP contribution < -0.4 is 10.6 Å². The summed E-state index contributed by atoms with van der Waals surface area (Å²) in [5.74, 6) is -1.32. The largest absolute Gasteiger partial charge is 0.481 e. The minimum atomic E-state index is -0.995. The number of carbonyl (C=O) groups is 3. The number of carboxylic acid groups (broad SMARTS) is 1. The topological polar surface area (TPSA) is 105 Å². The molecule has 2 aromatic rings. The minimum absolute atomic E-state index is 0.00906. The molecule has 2 amide bonds. The number of carboxylic acids is 1. The molecule has 1 atom stereocenters. The maximum absolute atomic E-state index is 12.5. The van der Waals surface area contributed by atoms with Gasteiger partial charge in [-0.05, 0) is 34.6 Å². The van der Waals surface area contributed by atoms with Crippen LogP contribution >= 0.6 is 0 Å². The number of benzene rings is 2.